The topological polar surface area (TPSA) is 58.6 Å². The van der Waals surface area contributed by atoms with E-state index in [2.05, 4.69) is 9.97 Å². The Morgan fingerprint density at radius 2 is 2.00 bits per heavy atom. The molecule has 1 aromatic carbocycles. The number of hydrogen-bond donors (Lipinski definition) is 0. The summed E-state index contributed by atoms with van der Waals surface area (Å²) >= 11 is 0. The molecule has 0 saturated carbocycles. The summed E-state index contributed by atoms with van der Waals surface area (Å²) in [7, 11) is 0. The van der Waals surface area contributed by atoms with Gasteiger partial charge in [0.25, 0.3) is 11.8 Å². The maximum atomic E-state index is 13.0. The third-order valence-corrected chi connectivity index (χ3v) is 3.98. The molecule has 0 radical (unpaired) electrons. The molecule has 0 bridgehead atoms. The van der Waals surface area contributed by atoms with Crippen LogP contribution in [0.1, 0.15) is 10.5 Å². The highest BCUT2D eigenvalue weighted by atomic mass is 19.3. The van der Waals surface area contributed by atoms with E-state index in [0.717, 1.165) is 0 Å². The van der Waals surface area contributed by atoms with Crippen molar-refractivity contribution in [1.29, 1.82) is 0 Å². The number of aromatic nitrogens is 2. The van der Waals surface area contributed by atoms with Gasteiger partial charge in [-0.15, -0.1) is 0 Å². The molecule has 0 spiro atoms. The maximum Gasteiger partial charge on any atom is 0.282 e. The maximum absolute atomic E-state index is 13.0. The van der Waals surface area contributed by atoms with Gasteiger partial charge in [0, 0.05) is 0 Å². The lowest BCUT2D eigenvalue weighted by atomic mass is 10.1. The third kappa shape index (κ3) is 2.53. The van der Waals surface area contributed by atoms with Crippen LogP contribution in [-0.4, -0.2) is 48.0 Å². The molecule has 1 amide bonds. The second-order valence-electron chi connectivity index (χ2n) is 5.75. The third-order valence-electron chi connectivity index (χ3n) is 3.98. The zero-order valence-electron chi connectivity index (χ0n) is 12.7. The van der Waals surface area contributed by atoms with Gasteiger partial charge in [-0.25, -0.2) is 13.8 Å². The van der Waals surface area contributed by atoms with Gasteiger partial charge in [0.15, 0.2) is 0 Å². The second-order valence-corrected chi connectivity index (χ2v) is 5.75. The minimum absolute atomic E-state index is 0.124. The number of ether oxygens (including phenoxy) is 1. The highest BCUT2D eigenvalue weighted by Crippen LogP contribution is 2.33. The van der Waals surface area contributed by atoms with Gasteiger partial charge >= 0.3 is 0 Å². The highest BCUT2D eigenvalue weighted by Gasteiger charge is 2.44. The van der Waals surface area contributed by atoms with Gasteiger partial charge < -0.3 is 14.5 Å². The van der Waals surface area contributed by atoms with Crippen LogP contribution in [0.15, 0.2) is 36.7 Å². The van der Waals surface area contributed by atoms with E-state index in [-0.39, 0.29) is 17.4 Å². The number of carbonyl (C=O) groups is 1. The predicted molar refractivity (Wildman–Crippen MR) is 82.8 cm³/mol. The molecule has 8 heteroatoms. The number of halogens is 2. The molecule has 124 valence electrons. The lowest BCUT2D eigenvalue weighted by Gasteiger charge is -2.39. The van der Waals surface area contributed by atoms with Crippen molar-refractivity contribution in [3.05, 3.63) is 42.4 Å². The first-order valence-electron chi connectivity index (χ1n) is 7.52. The van der Waals surface area contributed by atoms with E-state index in [1.54, 1.807) is 17.0 Å². The molecular weight excluding hydrogens is 318 g/mol. The normalized spacial score (nSPS) is 18.4. The Bertz CT molecular complexity index is 791. The summed E-state index contributed by atoms with van der Waals surface area (Å²) in [4.78, 5) is 23.9. The van der Waals surface area contributed by atoms with Crippen molar-refractivity contribution in [3.63, 3.8) is 0 Å². The lowest BCUT2D eigenvalue weighted by Crippen LogP contribution is -2.56. The molecule has 0 aliphatic carbocycles. The number of alkyl halides is 2. The van der Waals surface area contributed by atoms with E-state index in [4.69, 9.17) is 4.74 Å². The summed E-state index contributed by atoms with van der Waals surface area (Å²) in [6.07, 6.45) is 2.74. The van der Waals surface area contributed by atoms with Gasteiger partial charge in [0.2, 0.25) is 0 Å². The van der Waals surface area contributed by atoms with Crippen LogP contribution in [0.4, 0.5) is 20.3 Å². The van der Waals surface area contributed by atoms with E-state index in [9.17, 15) is 13.6 Å². The van der Waals surface area contributed by atoms with Crippen LogP contribution in [0.3, 0.4) is 0 Å². The van der Waals surface area contributed by atoms with Gasteiger partial charge in [-0.3, -0.25) is 9.78 Å². The minimum atomic E-state index is -2.70. The van der Waals surface area contributed by atoms with E-state index >= 15 is 0 Å². The van der Waals surface area contributed by atoms with Gasteiger partial charge in [-0.1, -0.05) is 12.1 Å². The zero-order chi connectivity index (χ0) is 16.7. The standard InChI is InChI=1S/C16H14F2N4O2/c17-16(18)9-21(10-16)14-8-19-7-11(20-14)15(23)22-5-6-24-13-4-2-1-3-12(13)22/h1-4,7-8H,5-6,9-10H2. The van der Waals surface area contributed by atoms with Crippen LogP contribution in [-0.2, 0) is 0 Å². The van der Waals surface area contributed by atoms with Crippen LogP contribution < -0.4 is 14.5 Å². The number of nitrogens with zero attached hydrogens (tertiary/aromatic N) is 4. The summed E-state index contributed by atoms with van der Waals surface area (Å²) in [6, 6.07) is 7.23. The predicted octanol–water partition coefficient (Wildman–Crippen LogP) is 1.97. The van der Waals surface area contributed by atoms with Crippen molar-refractivity contribution < 1.29 is 18.3 Å². The van der Waals surface area contributed by atoms with Crippen molar-refractivity contribution in [3.8, 4) is 5.75 Å². The molecule has 2 aromatic rings. The fourth-order valence-electron chi connectivity index (χ4n) is 2.80. The van der Waals surface area contributed by atoms with E-state index < -0.39 is 19.0 Å². The summed E-state index contributed by atoms with van der Waals surface area (Å²) in [5.41, 5.74) is 0.788. The van der Waals surface area contributed by atoms with Crippen LogP contribution in [0.5, 0.6) is 5.75 Å². The number of fused-ring (bicyclic) bond motifs is 1. The summed E-state index contributed by atoms with van der Waals surface area (Å²) in [5, 5.41) is 0. The number of anilines is 2. The molecule has 6 nitrogen and oxygen atoms in total. The molecular formula is C16H14F2N4O2. The Balaban J connectivity index is 1.60. The Labute approximate surface area is 136 Å². The van der Waals surface area contributed by atoms with E-state index in [1.807, 2.05) is 12.1 Å². The first-order valence-corrected chi connectivity index (χ1v) is 7.52. The molecule has 4 rings (SSSR count). The Hall–Kier alpha value is -2.77. The Morgan fingerprint density at radius 3 is 2.79 bits per heavy atom. The van der Waals surface area contributed by atoms with Crippen LogP contribution in [0.2, 0.25) is 0 Å². The van der Waals surface area contributed by atoms with Gasteiger partial charge in [0.05, 0.1) is 37.7 Å². The molecule has 2 aliphatic rings. The van der Waals surface area contributed by atoms with Crippen molar-refractivity contribution in [1.82, 2.24) is 9.97 Å². The number of benzene rings is 1. The number of para-hydroxylation sites is 2. The first-order chi connectivity index (χ1) is 11.5. The van der Waals surface area contributed by atoms with Crippen molar-refractivity contribution in [2.45, 2.75) is 5.92 Å². The molecule has 1 fully saturated rings. The minimum Gasteiger partial charge on any atom is -0.490 e. The molecule has 24 heavy (non-hydrogen) atoms. The average molecular weight is 332 g/mol. The van der Waals surface area contributed by atoms with Crippen molar-refractivity contribution in [2.24, 2.45) is 0 Å². The van der Waals surface area contributed by atoms with Crippen LogP contribution >= 0.6 is 0 Å². The monoisotopic (exact) mass is 332 g/mol. The second kappa shape index (κ2) is 5.40. The summed E-state index contributed by atoms with van der Waals surface area (Å²) < 4.78 is 31.6. The van der Waals surface area contributed by atoms with Crippen molar-refractivity contribution in [2.75, 3.05) is 36.0 Å². The molecule has 0 N–H and O–H groups in total. The average Bonchev–Trinajstić information content (AvgIpc) is 2.58. The molecule has 0 atom stereocenters. The van der Waals surface area contributed by atoms with Gasteiger partial charge in [0.1, 0.15) is 23.9 Å². The number of hydrogen-bond acceptors (Lipinski definition) is 5. The largest absolute Gasteiger partial charge is 0.490 e. The number of amides is 1. The molecule has 0 unspecified atom stereocenters. The lowest BCUT2D eigenvalue weighted by molar-refractivity contribution is -0.0267. The molecule has 1 aromatic heterocycles. The van der Waals surface area contributed by atoms with E-state index in [1.165, 1.54) is 17.3 Å². The number of carbonyl (C=O) groups excluding carboxylic acids is 1. The molecule has 3 heterocycles. The van der Waals surface area contributed by atoms with Crippen molar-refractivity contribution >= 4 is 17.4 Å². The zero-order valence-corrected chi connectivity index (χ0v) is 12.7. The summed E-state index contributed by atoms with van der Waals surface area (Å²) in [6.45, 7) is -0.0306. The Kier molecular flexibility index (Phi) is 3.33. The van der Waals surface area contributed by atoms with Crippen LogP contribution in [0.25, 0.3) is 0 Å². The molecule has 2 aliphatic heterocycles. The van der Waals surface area contributed by atoms with Gasteiger partial charge in [-0.2, -0.15) is 0 Å². The fraction of sp³-hybridized carbons (Fsp3) is 0.312. The SMILES string of the molecule is O=C(c1cncc(N2CC(F)(F)C2)n1)N1CCOc2ccccc21. The van der Waals surface area contributed by atoms with Crippen LogP contribution in [0, 0.1) is 0 Å². The molecule has 1 saturated heterocycles. The first kappa shape index (κ1) is 14.8. The highest BCUT2D eigenvalue weighted by molar-refractivity contribution is 6.05. The Morgan fingerprint density at radius 1 is 1.21 bits per heavy atom. The smallest absolute Gasteiger partial charge is 0.282 e. The fourth-order valence-corrected chi connectivity index (χ4v) is 2.80. The van der Waals surface area contributed by atoms with E-state index in [0.29, 0.717) is 24.6 Å². The quantitative estimate of drug-likeness (QED) is 0.842. The van der Waals surface area contributed by atoms with Gasteiger partial charge in [-0.05, 0) is 12.1 Å². The number of rotatable bonds is 2. The summed E-state index contributed by atoms with van der Waals surface area (Å²) in [5.74, 6) is -2.12.